The first-order chi connectivity index (χ1) is 13.5. The van der Waals surface area contributed by atoms with Crippen LogP contribution in [0.3, 0.4) is 0 Å². The lowest BCUT2D eigenvalue weighted by molar-refractivity contribution is -0.143. The Kier molecular flexibility index (Phi) is 6.87. The highest BCUT2D eigenvalue weighted by atomic mass is 35.5. The highest BCUT2D eigenvalue weighted by Crippen LogP contribution is 2.41. The fourth-order valence-corrected chi connectivity index (χ4v) is 3.63. The van der Waals surface area contributed by atoms with Crippen molar-refractivity contribution in [2.45, 2.75) is 37.5 Å². The number of hydrogen-bond acceptors (Lipinski definition) is 5. The second kappa shape index (κ2) is 8.68. The molecule has 2 heterocycles. The van der Waals surface area contributed by atoms with Crippen LogP contribution in [0.5, 0.6) is 0 Å². The van der Waals surface area contributed by atoms with E-state index in [0.717, 1.165) is 11.0 Å². The highest BCUT2D eigenvalue weighted by Gasteiger charge is 2.39. The third kappa shape index (κ3) is 5.14. The van der Waals surface area contributed by atoms with Crippen molar-refractivity contribution >= 4 is 41.7 Å². The van der Waals surface area contributed by atoms with Gasteiger partial charge in [-0.3, -0.25) is 19.8 Å². The van der Waals surface area contributed by atoms with E-state index >= 15 is 0 Å². The summed E-state index contributed by atoms with van der Waals surface area (Å²) in [5.74, 6) is -1.65. The summed E-state index contributed by atoms with van der Waals surface area (Å²) in [5, 5.41) is 21.2. The van der Waals surface area contributed by atoms with E-state index in [2.05, 4.69) is 5.32 Å². The van der Waals surface area contributed by atoms with E-state index in [1.807, 2.05) is 0 Å². The Labute approximate surface area is 176 Å². The Balaban J connectivity index is 0.00000320. The van der Waals surface area contributed by atoms with E-state index in [1.165, 1.54) is 17.0 Å². The molecule has 3 N–H and O–H groups in total. The van der Waals surface area contributed by atoms with E-state index in [9.17, 15) is 32.7 Å². The number of urea groups is 1. The standard InChI is InChI=1S/C18H20F3N3O5.ClH/c19-18(20,21)12-9-11(24-6-3-14(25)22-16(24)28)1-2-13(12)23-7-4-17(29,5-8-23)10-15(26)27;/h1-2,9,29H,3-8,10H2,(H,26,27)(H,22,25,28);1H. The summed E-state index contributed by atoms with van der Waals surface area (Å²) in [4.78, 5) is 36.6. The minimum Gasteiger partial charge on any atom is -0.481 e. The number of carbonyl (C=O) groups is 3. The van der Waals surface area contributed by atoms with Gasteiger partial charge in [0.25, 0.3) is 0 Å². The van der Waals surface area contributed by atoms with Crippen LogP contribution in [-0.2, 0) is 15.8 Å². The molecule has 1 aromatic carbocycles. The summed E-state index contributed by atoms with van der Waals surface area (Å²) < 4.78 is 41.1. The summed E-state index contributed by atoms with van der Waals surface area (Å²) in [6.07, 6.45) is -5.12. The maximum atomic E-state index is 13.7. The average Bonchev–Trinajstić information content (AvgIpc) is 2.60. The first-order valence-corrected chi connectivity index (χ1v) is 9.00. The van der Waals surface area contributed by atoms with Crippen molar-refractivity contribution in [2.24, 2.45) is 0 Å². The van der Waals surface area contributed by atoms with Gasteiger partial charge in [-0.25, -0.2) is 4.79 Å². The molecule has 3 amide bonds. The highest BCUT2D eigenvalue weighted by molar-refractivity contribution is 6.05. The molecular formula is C18H21ClF3N3O5. The molecule has 3 rings (SSSR count). The summed E-state index contributed by atoms with van der Waals surface area (Å²) in [6, 6.07) is 2.71. The third-order valence-electron chi connectivity index (χ3n) is 5.17. The van der Waals surface area contributed by atoms with Crippen LogP contribution in [0.2, 0.25) is 0 Å². The van der Waals surface area contributed by atoms with Crippen LogP contribution in [0.4, 0.5) is 29.3 Å². The molecule has 0 spiro atoms. The van der Waals surface area contributed by atoms with Crippen molar-refractivity contribution in [1.82, 2.24) is 5.32 Å². The van der Waals surface area contributed by atoms with Crippen LogP contribution < -0.4 is 15.1 Å². The Morgan fingerprint density at radius 3 is 2.33 bits per heavy atom. The van der Waals surface area contributed by atoms with Gasteiger partial charge in [-0.1, -0.05) is 0 Å². The van der Waals surface area contributed by atoms with Crippen molar-refractivity contribution in [1.29, 1.82) is 0 Å². The molecule has 0 aliphatic carbocycles. The van der Waals surface area contributed by atoms with E-state index in [0.29, 0.717) is 0 Å². The molecule has 2 saturated heterocycles. The number of nitrogens with one attached hydrogen (secondary N) is 1. The summed E-state index contributed by atoms with van der Waals surface area (Å²) in [7, 11) is 0. The van der Waals surface area contributed by atoms with Gasteiger partial charge in [0.2, 0.25) is 5.91 Å². The number of imide groups is 1. The van der Waals surface area contributed by atoms with Crippen LogP contribution in [0.15, 0.2) is 18.2 Å². The first-order valence-electron chi connectivity index (χ1n) is 9.00. The monoisotopic (exact) mass is 451 g/mol. The number of benzene rings is 1. The van der Waals surface area contributed by atoms with Gasteiger partial charge in [0.1, 0.15) is 0 Å². The predicted octanol–water partition coefficient (Wildman–Crippen LogP) is 2.38. The number of aliphatic hydroxyl groups is 1. The molecule has 0 aromatic heterocycles. The number of piperidine rings is 1. The number of alkyl halides is 3. The number of carboxylic acids is 1. The van der Waals surface area contributed by atoms with Crippen LogP contribution in [0.1, 0.15) is 31.2 Å². The predicted molar refractivity (Wildman–Crippen MR) is 103 cm³/mol. The fourth-order valence-electron chi connectivity index (χ4n) is 3.63. The van der Waals surface area contributed by atoms with E-state index in [-0.39, 0.29) is 62.7 Å². The lowest BCUT2D eigenvalue weighted by Gasteiger charge is -2.39. The summed E-state index contributed by atoms with van der Waals surface area (Å²) >= 11 is 0. The van der Waals surface area contributed by atoms with Gasteiger partial charge in [0.05, 0.1) is 17.6 Å². The fraction of sp³-hybridized carbons (Fsp3) is 0.500. The minimum absolute atomic E-state index is 0. The molecule has 1 aromatic rings. The molecule has 0 radical (unpaired) electrons. The van der Waals surface area contributed by atoms with Gasteiger partial charge in [0, 0.05) is 37.4 Å². The number of anilines is 2. The molecule has 166 valence electrons. The summed E-state index contributed by atoms with van der Waals surface area (Å²) in [5.41, 5.74) is -2.47. The number of aliphatic carboxylic acids is 1. The lowest BCUT2D eigenvalue weighted by atomic mass is 9.88. The van der Waals surface area contributed by atoms with Crippen molar-refractivity contribution in [3.63, 3.8) is 0 Å². The number of nitrogens with zero attached hydrogens (tertiary/aromatic N) is 2. The Morgan fingerprint density at radius 2 is 1.80 bits per heavy atom. The molecule has 0 saturated carbocycles. The normalized spacial score (nSPS) is 19.2. The smallest absolute Gasteiger partial charge is 0.418 e. The average molecular weight is 452 g/mol. The van der Waals surface area contributed by atoms with Crippen molar-refractivity contribution in [3.05, 3.63) is 23.8 Å². The van der Waals surface area contributed by atoms with Gasteiger partial charge in [-0.05, 0) is 31.0 Å². The van der Waals surface area contributed by atoms with Gasteiger partial charge in [-0.2, -0.15) is 13.2 Å². The number of carboxylic acid groups (broad SMARTS) is 1. The SMILES string of the molecule is Cl.O=C(O)CC1(O)CCN(c2ccc(N3CCC(=O)NC3=O)cc2C(F)(F)F)CC1. The van der Waals surface area contributed by atoms with Gasteiger partial charge in [-0.15, -0.1) is 12.4 Å². The second-order valence-electron chi connectivity index (χ2n) is 7.24. The van der Waals surface area contributed by atoms with E-state index < -0.39 is 41.7 Å². The molecule has 30 heavy (non-hydrogen) atoms. The molecule has 0 bridgehead atoms. The summed E-state index contributed by atoms with van der Waals surface area (Å²) in [6.45, 7) is 0.100. The topological polar surface area (TPSA) is 110 Å². The quantitative estimate of drug-likeness (QED) is 0.648. The number of hydrogen-bond donors (Lipinski definition) is 3. The molecule has 0 unspecified atom stereocenters. The van der Waals surface area contributed by atoms with Crippen LogP contribution in [0, 0.1) is 0 Å². The number of carbonyl (C=O) groups excluding carboxylic acids is 2. The molecule has 2 aliphatic rings. The Bertz CT molecular complexity index is 841. The third-order valence-corrected chi connectivity index (χ3v) is 5.17. The van der Waals surface area contributed by atoms with Crippen LogP contribution in [0.25, 0.3) is 0 Å². The molecule has 0 atom stereocenters. The number of halogens is 4. The van der Waals surface area contributed by atoms with E-state index in [1.54, 1.807) is 0 Å². The number of rotatable bonds is 4. The van der Waals surface area contributed by atoms with Gasteiger partial charge in [0.15, 0.2) is 0 Å². The zero-order chi connectivity index (χ0) is 21.4. The zero-order valence-electron chi connectivity index (χ0n) is 15.7. The molecule has 8 nitrogen and oxygen atoms in total. The minimum atomic E-state index is -4.69. The molecule has 2 aliphatic heterocycles. The maximum Gasteiger partial charge on any atom is 0.418 e. The van der Waals surface area contributed by atoms with Crippen molar-refractivity contribution < 1.29 is 37.8 Å². The Morgan fingerprint density at radius 1 is 1.17 bits per heavy atom. The molecule has 2 fully saturated rings. The van der Waals surface area contributed by atoms with Crippen LogP contribution in [-0.4, -0.2) is 53.4 Å². The van der Waals surface area contributed by atoms with Gasteiger partial charge >= 0.3 is 18.2 Å². The van der Waals surface area contributed by atoms with Crippen LogP contribution >= 0.6 is 12.4 Å². The Hall–Kier alpha value is -2.53. The first kappa shape index (κ1) is 23.7. The largest absolute Gasteiger partial charge is 0.481 e. The van der Waals surface area contributed by atoms with Crippen molar-refractivity contribution in [2.75, 3.05) is 29.4 Å². The zero-order valence-corrected chi connectivity index (χ0v) is 16.6. The molecular weight excluding hydrogens is 431 g/mol. The maximum absolute atomic E-state index is 13.7. The van der Waals surface area contributed by atoms with Crippen molar-refractivity contribution in [3.8, 4) is 0 Å². The van der Waals surface area contributed by atoms with E-state index in [4.69, 9.17) is 5.11 Å². The molecule has 12 heteroatoms. The second-order valence-corrected chi connectivity index (χ2v) is 7.24. The van der Waals surface area contributed by atoms with Gasteiger partial charge < -0.3 is 15.1 Å². The lowest BCUT2D eigenvalue weighted by Crippen LogP contribution is -2.49. The number of amides is 3.